The van der Waals surface area contributed by atoms with Crippen molar-refractivity contribution in [3.63, 3.8) is 0 Å². The predicted molar refractivity (Wildman–Crippen MR) is 90.6 cm³/mol. The van der Waals surface area contributed by atoms with Gasteiger partial charge in [0, 0.05) is 38.8 Å². The van der Waals surface area contributed by atoms with Crippen molar-refractivity contribution in [1.29, 1.82) is 0 Å². The Hall–Kier alpha value is -3.10. The summed E-state index contributed by atoms with van der Waals surface area (Å²) < 4.78 is 28.9. The van der Waals surface area contributed by atoms with Crippen LogP contribution in [0.15, 0.2) is 36.5 Å². The molecular weight excluding hydrogens is 342 g/mol. The van der Waals surface area contributed by atoms with Gasteiger partial charge in [-0.2, -0.15) is 5.10 Å². The second-order valence-electron chi connectivity index (χ2n) is 5.77. The molecule has 3 rings (SSSR count). The van der Waals surface area contributed by atoms with Gasteiger partial charge in [0.15, 0.2) is 5.82 Å². The fraction of sp³-hybridized carbons (Fsp3) is 0.294. The molecule has 0 bridgehead atoms. The number of benzene rings is 1. The summed E-state index contributed by atoms with van der Waals surface area (Å²) in [7, 11) is 3.34. The number of aryl methyl sites for hydroxylation is 1. The Kier molecular flexibility index (Phi) is 5.06. The summed E-state index contributed by atoms with van der Waals surface area (Å²) in [6, 6.07) is 9.62. The first-order valence-electron chi connectivity index (χ1n) is 8.01. The van der Waals surface area contributed by atoms with Crippen molar-refractivity contribution >= 4 is 5.91 Å². The summed E-state index contributed by atoms with van der Waals surface area (Å²) in [5.74, 6) is 0.822. The van der Waals surface area contributed by atoms with Crippen LogP contribution >= 0.6 is 0 Å². The molecule has 3 aromatic rings. The van der Waals surface area contributed by atoms with Crippen molar-refractivity contribution in [2.24, 2.45) is 14.1 Å². The highest BCUT2D eigenvalue weighted by Crippen LogP contribution is 2.21. The Bertz CT molecular complexity index is 903. The van der Waals surface area contributed by atoms with Crippen molar-refractivity contribution in [3.8, 4) is 11.4 Å². The molecule has 2 aromatic heterocycles. The molecule has 0 fully saturated rings. The van der Waals surface area contributed by atoms with E-state index in [0.717, 1.165) is 11.4 Å². The zero-order valence-electron chi connectivity index (χ0n) is 14.4. The molecule has 0 unspecified atom stereocenters. The third-order valence-electron chi connectivity index (χ3n) is 3.94. The highest BCUT2D eigenvalue weighted by molar-refractivity contribution is 5.95. The average molecular weight is 360 g/mol. The fourth-order valence-corrected chi connectivity index (χ4v) is 2.64. The van der Waals surface area contributed by atoms with Crippen molar-refractivity contribution < 1.29 is 13.6 Å². The molecule has 1 aromatic carbocycles. The first-order valence-corrected chi connectivity index (χ1v) is 8.01. The van der Waals surface area contributed by atoms with Crippen LogP contribution in [0.1, 0.15) is 28.3 Å². The number of alkyl halides is 2. The number of nitrogens with one attached hydrogen (secondary N) is 1. The van der Waals surface area contributed by atoms with Gasteiger partial charge in [0.05, 0.1) is 5.56 Å². The topological polar surface area (TPSA) is 77.6 Å². The van der Waals surface area contributed by atoms with E-state index in [4.69, 9.17) is 0 Å². The van der Waals surface area contributed by atoms with Crippen LogP contribution < -0.4 is 5.32 Å². The number of hydrogen-bond donors (Lipinski definition) is 1. The average Bonchev–Trinajstić information content (AvgIpc) is 3.19. The van der Waals surface area contributed by atoms with E-state index in [1.54, 1.807) is 0 Å². The number of carbonyl (C=O) groups is 1. The SMILES string of the molecule is Cn1cc(C(=O)NCCc2nnc(-c3ccccc3)n2C)c(C(F)F)n1. The second kappa shape index (κ2) is 7.42. The lowest BCUT2D eigenvalue weighted by Gasteiger charge is -2.06. The van der Waals surface area contributed by atoms with Crippen LogP contribution in [0.2, 0.25) is 0 Å². The minimum Gasteiger partial charge on any atom is -0.351 e. The normalized spacial score (nSPS) is 11.1. The number of amides is 1. The second-order valence-corrected chi connectivity index (χ2v) is 5.77. The largest absolute Gasteiger partial charge is 0.351 e. The third-order valence-corrected chi connectivity index (χ3v) is 3.94. The zero-order chi connectivity index (χ0) is 18.7. The Morgan fingerprint density at radius 1 is 1.19 bits per heavy atom. The van der Waals surface area contributed by atoms with Gasteiger partial charge < -0.3 is 9.88 Å². The summed E-state index contributed by atoms with van der Waals surface area (Å²) in [4.78, 5) is 12.1. The van der Waals surface area contributed by atoms with Crippen LogP contribution in [-0.2, 0) is 20.5 Å². The molecule has 7 nitrogen and oxygen atoms in total. The highest BCUT2D eigenvalue weighted by atomic mass is 19.3. The molecule has 1 amide bonds. The van der Waals surface area contributed by atoms with Gasteiger partial charge in [-0.1, -0.05) is 30.3 Å². The molecule has 9 heteroatoms. The molecule has 136 valence electrons. The van der Waals surface area contributed by atoms with Gasteiger partial charge in [0.2, 0.25) is 0 Å². The van der Waals surface area contributed by atoms with E-state index in [9.17, 15) is 13.6 Å². The molecular formula is C17H18F2N6O. The van der Waals surface area contributed by atoms with E-state index in [2.05, 4.69) is 20.6 Å². The van der Waals surface area contributed by atoms with E-state index >= 15 is 0 Å². The van der Waals surface area contributed by atoms with Crippen molar-refractivity contribution in [2.75, 3.05) is 6.54 Å². The lowest BCUT2D eigenvalue weighted by atomic mass is 10.2. The van der Waals surface area contributed by atoms with Gasteiger partial charge in [0.1, 0.15) is 11.5 Å². The number of halogens is 2. The summed E-state index contributed by atoms with van der Waals surface area (Å²) in [6.07, 6.45) is -1.09. The molecule has 2 heterocycles. The highest BCUT2D eigenvalue weighted by Gasteiger charge is 2.22. The van der Waals surface area contributed by atoms with Crippen LogP contribution in [-0.4, -0.2) is 37.0 Å². The lowest BCUT2D eigenvalue weighted by Crippen LogP contribution is -2.27. The number of hydrogen-bond acceptors (Lipinski definition) is 4. The number of carbonyl (C=O) groups excluding carboxylic acids is 1. The molecule has 0 spiro atoms. The molecule has 0 saturated heterocycles. The Balaban J connectivity index is 1.64. The Labute approximate surface area is 148 Å². The number of aromatic nitrogens is 5. The monoisotopic (exact) mass is 360 g/mol. The molecule has 0 radical (unpaired) electrons. The quantitative estimate of drug-likeness (QED) is 0.730. The van der Waals surface area contributed by atoms with E-state index in [0.29, 0.717) is 12.2 Å². The third kappa shape index (κ3) is 3.61. The van der Waals surface area contributed by atoms with E-state index in [1.165, 1.54) is 17.9 Å². The maximum absolute atomic E-state index is 12.9. The summed E-state index contributed by atoms with van der Waals surface area (Å²) in [5, 5.41) is 14.6. The van der Waals surface area contributed by atoms with Crippen molar-refractivity contribution in [1.82, 2.24) is 29.9 Å². The van der Waals surface area contributed by atoms with Crippen LogP contribution in [0.25, 0.3) is 11.4 Å². The molecule has 26 heavy (non-hydrogen) atoms. The predicted octanol–water partition coefficient (Wildman–Crippen LogP) is 2.13. The van der Waals surface area contributed by atoms with Crippen LogP contribution in [0.4, 0.5) is 8.78 Å². The standard InChI is InChI=1S/C17H18F2N6O/c1-24-10-12(14(23-24)15(18)19)17(26)20-9-8-13-21-22-16(25(13)2)11-6-4-3-5-7-11/h3-7,10,15H,8-9H2,1-2H3,(H,20,26). The number of rotatable bonds is 6. The van der Waals surface area contributed by atoms with Gasteiger partial charge in [-0.15, -0.1) is 10.2 Å². The van der Waals surface area contributed by atoms with Crippen LogP contribution in [0.5, 0.6) is 0 Å². The van der Waals surface area contributed by atoms with E-state index < -0.39 is 18.0 Å². The first-order chi connectivity index (χ1) is 12.5. The van der Waals surface area contributed by atoms with Crippen LogP contribution in [0.3, 0.4) is 0 Å². The number of nitrogens with zero attached hydrogens (tertiary/aromatic N) is 5. The maximum Gasteiger partial charge on any atom is 0.282 e. The minimum atomic E-state index is -2.80. The molecule has 0 aliphatic rings. The molecule has 0 aliphatic carbocycles. The van der Waals surface area contributed by atoms with Gasteiger partial charge in [-0.05, 0) is 0 Å². The minimum absolute atomic E-state index is 0.120. The maximum atomic E-state index is 12.9. The Morgan fingerprint density at radius 3 is 2.62 bits per heavy atom. The van der Waals surface area contributed by atoms with Crippen molar-refractivity contribution in [3.05, 3.63) is 53.6 Å². The fourth-order valence-electron chi connectivity index (χ4n) is 2.64. The Morgan fingerprint density at radius 2 is 1.92 bits per heavy atom. The summed E-state index contributed by atoms with van der Waals surface area (Å²) in [6.45, 7) is 0.247. The van der Waals surface area contributed by atoms with Gasteiger partial charge in [-0.25, -0.2) is 8.78 Å². The summed E-state index contributed by atoms with van der Waals surface area (Å²) in [5.41, 5.74) is 0.301. The molecule has 0 saturated carbocycles. The smallest absolute Gasteiger partial charge is 0.282 e. The zero-order valence-corrected chi connectivity index (χ0v) is 14.4. The van der Waals surface area contributed by atoms with Crippen molar-refractivity contribution in [2.45, 2.75) is 12.8 Å². The van der Waals surface area contributed by atoms with E-state index in [-0.39, 0.29) is 12.1 Å². The lowest BCUT2D eigenvalue weighted by molar-refractivity contribution is 0.0939. The van der Waals surface area contributed by atoms with E-state index in [1.807, 2.05) is 41.9 Å². The van der Waals surface area contributed by atoms with Gasteiger partial charge in [-0.3, -0.25) is 9.48 Å². The molecule has 0 atom stereocenters. The summed E-state index contributed by atoms with van der Waals surface area (Å²) >= 11 is 0. The molecule has 1 N–H and O–H groups in total. The van der Waals surface area contributed by atoms with Gasteiger partial charge >= 0.3 is 0 Å². The first kappa shape index (κ1) is 17.7. The van der Waals surface area contributed by atoms with Gasteiger partial charge in [0.25, 0.3) is 12.3 Å². The van der Waals surface area contributed by atoms with Crippen LogP contribution in [0, 0.1) is 0 Å². The molecule has 0 aliphatic heterocycles.